The SMILES string of the molecule is Cc1sc(-c2cnccc2C2CCCC2)nc1-c1ccc(Cl)cc1. The van der Waals surface area contributed by atoms with E-state index in [1.807, 2.05) is 36.7 Å². The van der Waals surface area contributed by atoms with E-state index in [1.165, 1.54) is 41.7 Å². The highest BCUT2D eigenvalue weighted by Crippen LogP contribution is 2.41. The van der Waals surface area contributed by atoms with Crippen molar-refractivity contribution in [2.45, 2.75) is 38.5 Å². The van der Waals surface area contributed by atoms with E-state index in [9.17, 15) is 0 Å². The monoisotopic (exact) mass is 354 g/mol. The first-order chi connectivity index (χ1) is 11.7. The number of aromatic nitrogens is 2. The maximum atomic E-state index is 6.01. The molecule has 122 valence electrons. The Bertz CT molecular complexity index is 848. The van der Waals surface area contributed by atoms with Crippen LogP contribution in [0.15, 0.2) is 42.7 Å². The molecule has 2 heterocycles. The van der Waals surface area contributed by atoms with Gasteiger partial charge in [0.25, 0.3) is 0 Å². The Morgan fingerprint density at radius 3 is 2.58 bits per heavy atom. The van der Waals surface area contributed by atoms with Crippen LogP contribution in [0.2, 0.25) is 5.02 Å². The number of thiazole rings is 1. The van der Waals surface area contributed by atoms with E-state index in [2.05, 4.69) is 18.0 Å². The Labute approximate surface area is 151 Å². The van der Waals surface area contributed by atoms with Gasteiger partial charge in [-0.05, 0) is 49.4 Å². The van der Waals surface area contributed by atoms with Crippen molar-refractivity contribution in [1.29, 1.82) is 0 Å². The quantitative estimate of drug-likeness (QED) is 0.537. The summed E-state index contributed by atoms with van der Waals surface area (Å²) in [6.07, 6.45) is 9.13. The van der Waals surface area contributed by atoms with Crippen molar-refractivity contribution in [1.82, 2.24) is 9.97 Å². The largest absolute Gasteiger partial charge is 0.264 e. The zero-order chi connectivity index (χ0) is 16.5. The molecule has 0 amide bonds. The van der Waals surface area contributed by atoms with Crippen molar-refractivity contribution in [3.05, 3.63) is 58.2 Å². The Morgan fingerprint density at radius 2 is 1.83 bits per heavy atom. The van der Waals surface area contributed by atoms with Crippen LogP contribution < -0.4 is 0 Å². The van der Waals surface area contributed by atoms with Crippen molar-refractivity contribution in [2.75, 3.05) is 0 Å². The minimum Gasteiger partial charge on any atom is -0.264 e. The molecule has 1 aliphatic carbocycles. The Balaban J connectivity index is 1.76. The number of pyridine rings is 1. The maximum Gasteiger partial charge on any atom is 0.126 e. The van der Waals surface area contributed by atoms with E-state index in [0.717, 1.165) is 21.3 Å². The van der Waals surface area contributed by atoms with Crippen LogP contribution in [0.4, 0.5) is 0 Å². The van der Waals surface area contributed by atoms with Crippen molar-refractivity contribution >= 4 is 22.9 Å². The molecule has 4 rings (SSSR count). The lowest BCUT2D eigenvalue weighted by molar-refractivity contribution is 0.723. The smallest absolute Gasteiger partial charge is 0.126 e. The molecule has 0 bridgehead atoms. The average Bonchev–Trinajstić information content (AvgIpc) is 3.25. The zero-order valence-electron chi connectivity index (χ0n) is 13.6. The first kappa shape index (κ1) is 15.8. The van der Waals surface area contributed by atoms with Gasteiger partial charge in [-0.2, -0.15) is 0 Å². The number of aryl methyl sites for hydroxylation is 1. The van der Waals surface area contributed by atoms with Gasteiger partial charge in [0, 0.05) is 33.4 Å². The van der Waals surface area contributed by atoms with Crippen LogP contribution in [0.5, 0.6) is 0 Å². The van der Waals surface area contributed by atoms with Crippen molar-refractivity contribution in [3.63, 3.8) is 0 Å². The second-order valence-electron chi connectivity index (χ2n) is 6.38. The van der Waals surface area contributed by atoms with E-state index in [-0.39, 0.29) is 0 Å². The molecular weight excluding hydrogens is 336 g/mol. The molecule has 0 aliphatic heterocycles. The third-order valence-electron chi connectivity index (χ3n) is 4.79. The van der Waals surface area contributed by atoms with Gasteiger partial charge in [0.05, 0.1) is 5.69 Å². The van der Waals surface area contributed by atoms with E-state index in [0.29, 0.717) is 5.92 Å². The van der Waals surface area contributed by atoms with Crippen LogP contribution in [-0.4, -0.2) is 9.97 Å². The number of hydrogen-bond acceptors (Lipinski definition) is 3. The standard InChI is InChI=1S/C20H19ClN2S/c1-13-19(15-6-8-16(21)9-7-15)23-20(24-13)18-12-22-11-10-17(18)14-4-2-3-5-14/h6-12,14H,2-5H2,1H3. The molecule has 0 unspecified atom stereocenters. The molecule has 1 saturated carbocycles. The Hall–Kier alpha value is -1.71. The fourth-order valence-corrected chi connectivity index (χ4v) is 4.66. The summed E-state index contributed by atoms with van der Waals surface area (Å²) in [6, 6.07) is 10.1. The molecule has 1 aromatic carbocycles. The molecule has 2 nitrogen and oxygen atoms in total. The lowest BCUT2D eigenvalue weighted by Gasteiger charge is -2.13. The minimum absolute atomic E-state index is 0.659. The van der Waals surface area contributed by atoms with Crippen LogP contribution in [0.1, 0.15) is 42.0 Å². The lowest BCUT2D eigenvalue weighted by Crippen LogP contribution is -1.96. The molecule has 0 saturated heterocycles. The molecule has 0 spiro atoms. The fraction of sp³-hybridized carbons (Fsp3) is 0.300. The van der Waals surface area contributed by atoms with Gasteiger partial charge in [0.1, 0.15) is 5.01 Å². The third-order valence-corrected chi connectivity index (χ3v) is 6.05. The topological polar surface area (TPSA) is 25.8 Å². The van der Waals surface area contributed by atoms with Crippen LogP contribution in [0.25, 0.3) is 21.8 Å². The van der Waals surface area contributed by atoms with Gasteiger partial charge in [-0.3, -0.25) is 4.98 Å². The summed E-state index contributed by atoms with van der Waals surface area (Å²) >= 11 is 7.76. The van der Waals surface area contributed by atoms with Crippen LogP contribution in [0.3, 0.4) is 0 Å². The fourth-order valence-electron chi connectivity index (χ4n) is 3.56. The van der Waals surface area contributed by atoms with E-state index in [1.54, 1.807) is 11.3 Å². The van der Waals surface area contributed by atoms with Gasteiger partial charge in [-0.15, -0.1) is 11.3 Å². The molecule has 0 radical (unpaired) electrons. The summed E-state index contributed by atoms with van der Waals surface area (Å²) in [6.45, 7) is 2.14. The summed E-state index contributed by atoms with van der Waals surface area (Å²) in [5.41, 5.74) is 4.79. The summed E-state index contributed by atoms with van der Waals surface area (Å²) in [5.74, 6) is 0.659. The maximum absolute atomic E-state index is 6.01. The highest BCUT2D eigenvalue weighted by molar-refractivity contribution is 7.15. The summed E-state index contributed by atoms with van der Waals surface area (Å²) < 4.78 is 0. The highest BCUT2D eigenvalue weighted by Gasteiger charge is 2.22. The summed E-state index contributed by atoms with van der Waals surface area (Å²) in [4.78, 5) is 10.5. The number of halogens is 1. The summed E-state index contributed by atoms with van der Waals surface area (Å²) in [5, 5.41) is 1.83. The predicted molar refractivity (Wildman–Crippen MR) is 102 cm³/mol. The molecular formula is C20H19ClN2S. The van der Waals surface area contributed by atoms with Crippen molar-refractivity contribution in [3.8, 4) is 21.8 Å². The molecule has 1 aliphatic rings. The number of benzene rings is 1. The first-order valence-electron chi connectivity index (χ1n) is 8.40. The molecule has 0 atom stereocenters. The van der Waals surface area contributed by atoms with Gasteiger partial charge in [0.2, 0.25) is 0 Å². The van der Waals surface area contributed by atoms with E-state index >= 15 is 0 Å². The average molecular weight is 355 g/mol. The van der Waals surface area contributed by atoms with Crippen molar-refractivity contribution in [2.24, 2.45) is 0 Å². The van der Waals surface area contributed by atoms with Gasteiger partial charge in [-0.25, -0.2) is 4.98 Å². The van der Waals surface area contributed by atoms with Crippen LogP contribution in [-0.2, 0) is 0 Å². The number of hydrogen-bond donors (Lipinski definition) is 0. The molecule has 2 aromatic heterocycles. The number of rotatable bonds is 3. The molecule has 1 fully saturated rings. The van der Waals surface area contributed by atoms with Crippen LogP contribution in [0, 0.1) is 6.92 Å². The van der Waals surface area contributed by atoms with E-state index < -0.39 is 0 Å². The van der Waals surface area contributed by atoms with Gasteiger partial charge in [-0.1, -0.05) is 36.6 Å². The van der Waals surface area contributed by atoms with Crippen molar-refractivity contribution < 1.29 is 0 Å². The van der Waals surface area contributed by atoms with Gasteiger partial charge < -0.3 is 0 Å². The third kappa shape index (κ3) is 2.99. The molecule has 3 aromatic rings. The molecule has 24 heavy (non-hydrogen) atoms. The summed E-state index contributed by atoms with van der Waals surface area (Å²) in [7, 11) is 0. The lowest BCUT2D eigenvalue weighted by atomic mass is 9.94. The molecule has 4 heteroatoms. The van der Waals surface area contributed by atoms with Gasteiger partial charge in [0.15, 0.2) is 0 Å². The second kappa shape index (κ2) is 6.66. The normalized spacial score (nSPS) is 15.1. The predicted octanol–water partition coefficient (Wildman–Crippen LogP) is 6.49. The van der Waals surface area contributed by atoms with Gasteiger partial charge >= 0.3 is 0 Å². The zero-order valence-corrected chi connectivity index (χ0v) is 15.2. The van der Waals surface area contributed by atoms with E-state index in [4.69, 9.17) is 16.6 Å². The minimum atomic E-state index is 0.659. The second-order valence-corrected chi connectivity index (χ2v) is 8.01. The first-order valence-corrected chi connectivity index (χ1v) is 9.59. The number of nitrogens with zero attached hydrogens (tertiary/aromatic N) is 2. The Morgan fingerprint density at radius 1 is 1.08 bits per heavy atom. The molecule has 0 N–H and O–H groups in total. The highest BCUT2D eigenvalue weighted by atomic mass is 35.5. The van der Waals surface area contributed by atoms with Crippen LogP contribution >= 0.6 is 22.9 Å². The Kier molecular flexibility index (Phi) is 4.38.